The van der Waals surface area contributed by atoms with Gasteiger partial charge in [0, 0.05) is 31.3 Å². The number of likely N-dealkylation sites (N-methyl/N-ethyl adjacent to an activating group) is 1. The second-order valence-corrected chi connectivity index (χ2v) is 6.21. The van der Waals surface area contributed by atoms with E-state index >= 15 is 0 Å². The third kappa shape index (κ3) is 4.08. The van der Waals surface area contributed by atoms with Crippen molar-refractivity contribution < 1.29 is 9.15 Å². The van der Waals surface area contributed by atoms with Crippen molar-refractivity contribution in [3.05, 3.63) is 23.7 Å². The molecule has 2 aliphatic rings. The fraction of sp³-hybridized carbons (Fsp3) is 0.750. The number of rotatable bonds is 7. The van der Waals surface area contributed by atoms with Gasteiger partial charge in [-0.2, -0.15) is 0 Å². The van der Waals surface area contributed by atoms with Crippen LogP contribution in [0, 0.1) is 0 Å². The van der Waals surface area contributed by atoms with Crippen LogP contribution in [0.4, 0.5) is 0 Å². The normalized spacial score (nSPS) is 23.4. The quantitative estimate of drug-likeness (QED) is 0.831. The number of furan rings is 1. The van der Waals surface area contributed by atoms with Crippen LogP contribution < -0.4 is 5.32 Å². The first kappa shape index (κ1) is 14.1. The van der Waals surface area contributed by atoms with Gasteiger partial charge in [-0.05, 0) is 45.2 Å². The highest BCUT2D eigenvalue weighted by molar-refractivity contribution is 5.17. The molecule has 2 heterocycles. The molecule has 0 bridgehead atoms. The number of hydrogen-bond acceptors (Lipinski definition) is 4. The van der Waals surface area contributed by atoms with Crippen molar-refractivity contribution in [1.82, 2.24) is 10.2 Å². The minimum atomic E-state index is 0.411. The van der Waals surface area contributed by atoms with Crippen LogP contribution in [0.2, 0.25) is 0 Å². The lowest BCUT2D eigenvalue weighted by atomic mass is 10.1. The number of nitrogens with zero attached hydrogens (tertiary/aromatic N) is 1. The van der Waals surface area contributed by atoms with Crippen molar-refractivity contribution in [2.24, 2.45) is 0 Å². The summed E-state index contributed by atoms with van der Waals surface area (Å²) in [7, 11) is 2.17. The Kier molecular flexibility index (Phi) is 4.76. The van der Waals surface area contributed by atoms with Crippen LogP contribution >= 0.6 is 0 Å². The van der Waals surface area contributed by atoms with Gasteiger partial charge in [-0.25, -0.2) is 0 Å². The Balaban J connectivity index is 1.47. The standard InChI is InChI=1S/C16H26N2O2/c1-18(12-15-4-2-3-8-19-15)11-13-7-9-20-16(13)10-17-14-5-6-14/h7,9,14-15,17H,2-6,8,10-12H2,1H3. The number of ether oxygens (including phenoxy) is 1. The molecule has 0 spiro atoms. The summed E-state index contributed by atoms with van der Waals surface area (Å²) in [5, 5.41) is 3.52. The molecule has 4 nitrogen and oxygen atoms in total. The molecule has 1 saturated heterocycles. The van der Waals surface area contributed by atoms with Crippen LogP contribution in [-0.2, 0) is 17.8 Å². The minimum Gasteiger partial charge on any atom is -0.468 e. The first-order chi connectivity index (χ1) is 9.81. The smallest absolute Gasteiger partial charge is 0.122 e. The molecule has 0 amide bonds. The van der Waals surface area contributed by atoms with Gasteiger partial charge >= 0.3 is 0 Å². The summed E-state index contributed by atoms with van der Waals surface area (Å²) in [6.45, 7) is 3.75. The average molecular weight is 278 g/mol. The molecule has 1 aromatic heterocycles. The van der Waals surface area contributed by atoms with E-state index in [1.165, 1.54) is 37.7 Å². The molecular formula is C16H26N2O2. The summed E-state index contributed by atoms with van der Waals surface area (Å²) in [5.74, 6) is 1.09. The second-order valence-electron chi connectivity index (χ2n) is 6.21. The zero-order chi connectivity index (χ0) is 13.8. The van der Waals surface area contributed by atoms with E-state index in [2.05, 4.69) is 23.3 Å². The van der Waals surface area contributed by atoms with Gasteiger partial charge in [0.25, 0.3) is 0 Å². The van der Waals surface area contributed by atoms with Gasteiger partial charge in [0.15, 0.2) is 0 Å². The van der Waals surface area contributed by atoms with Crippen LogP contribution in [0.1, 0.15) is 43.4 Å². The molecule has 4 heteroatoms. The van der Waals surface area contributed by atoms with E-state index in [0.29, 0.717) is 6.10 Å². The van der Waals surface area contributed by atoms with Crippen LogP contribution in [0.25, 0.3) is 0 Å². The Morgan fingerprint density at radius 2 is 2.20 bits per heavy atom. The minimum absolute atomic E-state index is 0.411. The molecular weight excluding hydrogens is 252 g/mol. The molecule has 1 saturated carbocycles. The fourth-order valence-electron chi connectivity index (χ4n) is 2.84. The molecule has 1 aromatic rings. The SMILES string of the molecule is CN(Cc1ccoc1CNC1CC1)CC1CCCCO1. The third-order valence-electron chi connectivity index (χ3n) is 4.20. The molecule has 112 valence electrons. The summed E-state index contributed by atoms with van der Waals surface area (Å²) < 4.78 is 11.4. The second kappa shape index (κ2) is 6.74. The summed E-state index contributed by atoms with van der Waals surface area (Å²) in [4.78, 5) is 2.35. The highest BCUT2D eigenvalue weighted by Crippen LogP contribution is 2.21. The molecule has 0 aromatic carbocycles. The van der Waals surface area contributed by atoms with Crippen molar-refractivity contribution in [2.75, 3.05) is 20.2 Å². The molecule has 1 aliphatic heterocycles. The average Bonchev–Trinajstić information content (AvgIpc) is 3.18. The molecule has 1 aliphatic carbocycles. The predicted octanol–water partition coefficient (Wildman–Crippen LogP) is 2.53. The molecule has 1 atom stereocenters. The molecule has 1 unspecified atom stereocenters. The lowest BCUT2D eigenvalue weighted by molar-refractivity contribution is -0.00266. The maximum atomic E-state index is 5.81. The molecule has 3 rings (SSSR count). The zero-order valence-electron chi connectivity index (χ0n) is 12.4. The van der Waals surface area contributed by atoms with Gasteiger partial charge < -0.3 is 14.5 Å². The van der Waals surface area contributed by atoms with Crippen molar-refractivity contribution in [3.8, 4) is 0 Å². The van der Waals surface area contributed by atoms with Crippen LogP contribution in [0.15, 0.2) is 16.7 Å². The third-order valence-corrected chi connectivity index (χ3v) is 4.20. The van der Waals surface area contributed by atoms with Gasteiger partial charge in [-0.1, -0.05) is 0 Å². The van der Waals surface area contributed by atoms with Gasteiger partial charge in [-0.15, -0.1) is 0 Å². The lowest BCUT2D eigenvalue weighted by Crippen LogP contribution is -2.33. The van der Waals surface area contributed by atoms with Crippen molar-refractivity contribution >= 4 is 0 Å². The van der Waals surface area contributed by atoms with E-state index in [0.717, 1.165) is 38.0 Å². The van der Waals surface area contributed by atoms with Gasteiger partial charge in [0.05, 0.1) is 18.9 Å². The Hall–Kier alpha value is -0.840. The number of hydrogen-bond donors (Lipinski definition) is 1. The van der Waals surface area contributed by atoms with E-state index in [-0.39, 0.29) is 0 Å². The van der Waals surface area contributed by atoms with Crippen LogP contribution in [0.3, 0.4) is 0 Å². The van der Waals surface area contributed by atoms with E-state index in [9.17, 15) is 0 Å². The van der Waals surface area contributed by atoms with Gasteiger partial charge in [0.2, 0.25) is 0 Å². The lowest BCUT2D eigenvalue weighted by Gasteiger charge is -2.27. The zero-order valence-corrected chi connectivity index (χ0v) is 12.4. The van der Waals surface area contributed by atoms with E-state index < -0.39 is 0 Å². The van der Waals surface area contributed by atoms with Crippen molar-refractivity contribution in [3.63, 3.8) is 0 Å². The highest BCUT2D eigenvalue weighted by Gasteiger charge is 2.22. The van der Waals surface area contributed by atoms with E-state index in [4.69, 9.17) is 9.15 Å². The Bertz CT molecular complexity index is 408. The maximum absolute atomic E-state index is 5.81. The van der Waals surface area contributed by atoms with Gasteiger partial charge in [-0.3, -0.25) is 4.90 Å². The molecule has 0 radical (unpaired) electrons. The van der Waals surface area contributed by atoms with Crippen LogP contribution in [0.5, 0.6) is 0 Å². The molecule has 1 N–H and O–H groups in total. The first-order valence-corrected chi connectivity index (χ1v) is 7.90. The Labute approximate surface area is 121 Å². The summed E-state index contributed by atoms with van der Waals surface area (Å²) in [6.07, 6.45) is 8.58. The number of nitrogens with one attached hydrogen (secondary N) is 1. The highest BCUT2D eigenvalue weighted by atomic mass is 16.5. The summed E-state index contributed by atoms with van der Waals surface area (Å²) in [6, 6.07) is 2.82. The maximum Gasteiger partial charge on any atom is 0.122 e. The first-order valence-electron chi connectivity index (χ1n) is 7.90. The van der Waals surface area contributed by atoms with E-state index in [1.54, 1.807) is 0 Å². The molecule has 2 fully saturated rings. The summed E-state index contributed by atoms with van der Waals surface area (Å²) in [5.41, 5.74) is 1.30. The fourth-order valence-corrected chi connectivity index (χ4v) is 2.84. The van der Waals surface area contributed by atoms with Crippen molar-refractivity contribution in [2.45, 2.75) is 57.3 Å². The topological polar surface area (TPSA) is 37.6 Å². The monoisotopic (exact) mass is 278 g/mol. The van der Waals surface area contributed by atoms with E-state index in [1.807, 2.05) is 6.26 Å². The van der Waals surface area contributed by atoms with Crippen LogP contribution in [-0.4, -0.2) is 37.2 Å². The summed E-state index contributed by atoms with van der Waals surface area (Å²) >= 11 is 0. The van der Waals surface area contributed by atoms with Crippen molar-refractivity contribution in [1.29, 1.82) is 0 Å². The predicted molar refractivity (Wildman–Crippen MR) is 78.5 cm³/mol. The van der Waals surface area contributed by atoms with Gasteiger partial charge in [0.1, 0.15) is 5.76 Å². The Morgan fingerprint density at radius 3 is 2.95 bits per heavy atom. The molecule has 20 heavy (non-hydrogen) atoms. The Morgan fingerprint density at radius 1 is 1.30 bits per heavy atom. The largest absolute Gasteiger partial charge is 0.468 e.